The summed E-state index contributed by atoms with van der Waals surface area (Å²) < 4.78 is 28.2. The number of nitrogens with zero attached hydrogens (tertiary/aromatic N) is 3. The predicted octanol–water partition coefficient (Wildman–Crippen LogP) is 3.91. The van der Waals surface area contributed by atoms with Gasteiger partial charge in [0.25, 0.3) is 0 Å². The number of hydrogen-bond acceptors (Lipinski definition) is 4. The zero-order chi connectivity index (χ0) is 18.9. The molecule has 2 fully saturated rings. The quantitative estimate of drug-likeness (QED) is 0.801. The molecule has 0 unspecified atom stereocenters. The Hall–Kier alpha value is -1.92. The maximum Gasteiger partial charge on any atom is 0.243 e. The number of aryl methyl sites for hydroxylation is 1. The van der Waals surface area contributed by atoms with Crippen LogP contribution in [0.1, 0.15) is 49.3 Å². The molecule has 0 N–H and O–H groups in total. The lowest BCUT2D eigenvalue weighted by atomic mass is 9.99. The van der Waals surface area contributed by atoms with Crippen molar-refractivity contribution in [3.8, 4) is 0 Å². The monoisotopic (exact) mass is 385 g/mol. The summed E-state index contributed by atoms with van der Waals surface area (Å²) in [6, 6.07) is 11.1. The van der Waals surface area contributed by atoms with Gasteiger partial charge in [-0.05, 0) is 56.4 Å². The lowest BCUT2D eigenvalue weighted by molar-refractivity contribution is 0.255. The first kappa shape index (κ1) is 18.4. The Balaban J connectivity index is 1.61. The molecule has 6 heteroatoms. The highest BCUT2D eigenvalue weighted by Gasteiger charge is 2.34. The summed E-state index contributed by atoms with van der Waals surface area (Å²) in [5.74, 6) is 1.00. The molecule has 0 spiro atoms. The van der Waals surface area contributed by atoms with Crippen molar-refractivity contribution in [2.75, 3.05) is 24.5 Å². The van der Waals surface area contributed by atoms with Crippen LogP contribution in [0.2, 0.25) is 0 Å². The van der Waals surface area contributed by atoms with Gasteiger partial charge in [-0.3, -0.25) is 0 Å². The number of sulfonamides is 1. The summed E-state index contributed by atoms with van der Waals surface area (Å²) >= 11 is 0. The number of anilines is 1. The minimum atomic E-state index is -3.51. The number of hydrogen-bond donors (Lipinski definition) is 0. The van der Waals surface area contributed by atoms with Crippen LogP contribution < -0.4 is 4.90 Å². The van der Waals surface area contributed by atoms with Gasteiger partial charge in [-0.2, -0.15) is 4.31 Å². The largest absolute Gasteiger partial charge is 0.357 e. The molecule has 1 aromatic carbocycles. The van der Waals surface area contributed by atoms with Crippen LogP contribution in [0.3, 0.4) is 0 Å². The Kier molecular flexibility index (Phi) is 5.19. The zero-order valence-electron chi connectivity index (χ0n) is 15.8. The average molecular weight is 386 g/mol. The summed E-state index contributed by atoms with van der Waals surface area (Å²) in [5, 5.41) is 0. The van der Waals surface area contributed by atoms with E-state index in [1.807, 2.05) is 31.3 Å². The van der Waals surface area contributed by atoms with E-state index >= 15 is 0 Å². The molecule has 2 saturated heterocycles. The summed E-state index contributed by atoms with van der Waals surface area (Å²) in [7, 11) is -3.51. The molecule has 0 radical (unpaired) electrons. The van der Waals surface area contributed by atoms with Crippen LogP contribution in [-0.2, 0) is 10.0 Å². The third-order valence-electron chi connectivity index (χ3n) is 5.67. The minimum Gasteiger partial charge on any atom is -0.357 e. The molecule has 5 nitrogen and oxygen atoms in total. The summed E-state index contributed by atoms with van der Waals surface area (Å²) in [5.41, 5.74) is 2.05. The van der Waals surface area contributed by atoms with E-state index in [1.165, 1.54) is 12.8 Å². The van der Waals surface area contributed by atoms with Gasteiger partial charge in [0.05, 0.1) is 10.9 Å². The Labute approximate surface area is 162 Å². The van der Waals surface area contributed by atoms with Crippen LogP contribution in [-0.4, -0.2) is 37.3 Å². The molecular formula is C21H27N3O2S. The first-order valence-corrected chi connectivity index (χ1v) is 11.3. The third kappa shape index (κ3) is 3.73. The van der Waals surface area contributed by atoms with Gasteiger partial charge in [-0.25, -0.2) is 13.4 Å². The summed E-state index contributed by atoms with van der Waals surface area (Å²) in [6.45, 7) is 4.65. The van der Waals surface area contributed by atoms with Gasteiger partial charge in [0, 0.05) is 25.8 Å². The molecule has 2 aliphatic heterocycles. The highest BCUT2D eigenvalue weighted by molar-refractivity contribution is 7.89. The molecule has 0 bridgehead atoms. The van der Waals surface area contributed by atoms with E-state index in [4.69, 9.17) is 0 Å². The van der Waals surface area contributed by atoms with Crippen molar-refractivity contribution in [3.05, 3.63) is 53.7 Å². The molecule has 144 valence electrons. The van der Waals surface area contributed by atoms with Crippen LogP contribution in [0.25, 0.3) is 0 Å². The molecule has 4 rings (SSSR count). The van der Waals surface area contributed by atoms with E-state index in [-0.39, 0.29) is 6.04 Å². The van der Waals surface area contributed by atoms with Gasteiger partial charge in [0.1, 0.15) is 5.82 Å². The second-order valence-electron chi connectivity index (χ2n) is 7.58. The van der Waals surface area contributed by atoms with Crippen LogP contribution in [0.4, 0.5) is 5.82 Å². The molecule has 1 aromatic heterocycles. The summed E-state index contributed by atoms with van der Waals surface area (Å²) in [4.78, 5) is 7.31. The average Bonchev–Trinajstić information content (AvgIpc) is 3.23. The van der Waals surface area contributed by atoms with Crippen molar-refractivity contribution in [2.24, 2.45) is 0 Å². The van der Waals surface area contributed by atoms with Gasteiger partial charge in [-0.15, -0.1) is 0 Å². The number of pyridine rings is 1. The van der Waals surface area contributed by atoms with E-state index in [0.29, 0.717) is 11.4 Å². The molecule has 27 heavy (non-hydrogen) atoms. The van der Waals surface area contributed by atoms with Gasteiger partial charge < -0.3 is 4.90 Å². The van der Waals surface area contributed by atoms with Crippen molar-refractivity contribution in [1.82, 2.24) is 9.29 Å². The number of piperidine rings is 1. The van der Waals surface area contributed by atoms with Crippen molar-refractivity contribution in [1.29, 1.82) is 0 Å². The predicted molar refractivity (Wildman–Crippen MR) is 107 cm³/mol. The van der Waals surface area contributed by atoms with Gasteiger partial charge >= 0.3 is 0 Å². The van der Waals surface area contributed by atoms with Crippen molar-refractivity contribution < 1.29 is 8.42 Å². The Morgan fingerprint density at radius 2 is 1.63 bits per heavy atom. The van der Waals surface area contributed by atoms with Gasteiger partial charge in [0.2, 0.25) is 10.0 Å². The van der Waals surface area contributed by atoms with E-state index in [2.05, 4.69) is 16.0 Å². The van der Waals surface area contributed by atoms with Crippen molar-refractivity contribution in [3.63, 3.8) is 0 Å². The lowest BCUT2D eigenvalue weighted by Crippen LogP contribution is -2.38. The van der Waals surface area contributed by atoms with E-state index < -0.39 is 10.0 Å². The second kappa shape index (κ2) is 7.60. The fourth-order valence-electron chi connectivity index (χ4n) is 4.10. The molecular weight excluding hydrogens is 358 g/mol. The molecule has 3 heterocycles. The van der Waals surface area contributed by atoms with E-state index in [1.54, 1.807) is 16.4 Å². The zero-order valence-corrected chi connectivity index (χ0v) is 16.7. The second-order valence-corrected chi connectivity index (χ2v) is 9.47. The standard InChI is InChI=1S/C21H27N3O2S/c1-17-7-10-19(11-8-17)27(25,26)24-15-3-2-6-20(24)18-9-12-21(22-16-18)23-13-4-5-14-23/h7-12,16,20H,2-6,13-15H2,1H3/t20-/m1/s1. The fraction of sp³-hybridized carbons (Fsp3) is 0.476. The topological polar surface area (TPSA) is 53.5 Å². The molecule has 2 aliphatic rings. The van der Waals surface area contributed by atoms with E-state index in [9.17, 15) is 8.42 Å². The number of aromatic nitrogens is 1. The molecule has 0 aliphatic carbocycles. The van der Waals surface area contributed by atoms with Crippen LogP contribution in [0.5, 0.6) is 0 Å². The molecule has 0 amide bonds. The number of rotatable bonds is 4. The SMILES string of the molecule is Cc1ccc(S(=O)(=O)N2CCCC[C@@H]2c2ccc(N3CCCC3)nc2)cc1. The minimum absolute atomic E-state index is 0.134. The van der Waals surface area contributed by atoms with Crippen molar-refractivity contribution >= 4 is 15.8 Å². The van der Waals surface area contributed by atoms with Crippen molar-refractivity contribution in [2.45, 2.75) is 50.0 Å². The van der Waals surface area contributed by atoms with E-state index in [0.717, 1.165) is 49.3 Å². The first-order chi connectivity index (χ1) is 13.1. The van der Waals surface area contributed by atoms with Crippen LogP contribution >= 0.6 is 0 Å². The Bertz CT molecular complexity index is 873. The van der Waals surface area contributed by atoms with Crippen LogP contribution in [0, 0.1) is 6.92 Å². The first-order valence-electron chi connectivity index (χ1n) is 9.85. The summed E-state index contributed by atoms with van der Waals surface area (Å²) in [6.07, 6.45) is 7.10. The van der Waals surface area contributed by atoms with Gasteiger partial charge in [0.15, 0.2) is 0 Å². The van der Waals surface area contributed by atoms with Crippen LogP contribution in [0.15, 0.2) is 47.5 Å². The maximum atomic E-state index is 13.3. The third-order valence-corrected chi connectivity index (χ3v) is 7.59. The Morgan fingerprint density at radius 3 is 2.30 bits per heavy atom. The lowest BCUT2D eigenvalue weighted by Gasteiger charge is -2.35. The normalized spacial score (nSPS) is 21.5. The highest BCUT2D eigenvalue weighted by Crippen LogP contribution is 2.35. The smallest absolute Gasteiger partial charge is 0.243 e. The fourth-order valence-corrected chi connectivity index (χ4v) is 5.78. The molecule has 1 atom stereocenters. The van der Waals surface area contributed by atoms with Gasteiger partial charge in [-0.1, -0.05) is 30.2 Å². The molecule has 0 saturated carbocycles. The molecule has 2 aromatic rings. The number of benzene rings is 1. The highest BCUT2D eigenvalue weighted by atomic mass is 32.2. The maximum absolute atomic E-state index is 13.3. The Morgan fingerprint density at radius 1 is 0.926 bits per heavy atom.